The van der Waals surface area contributed by atoms with Crippen molar-refractivity contribution in [2.75, 3.05) is 13.6 Å². The number of likely N-dealkylation sites (N-methyl/N-ethyl adjacent to an activating group) is 1. The third kappa shape index (κ3) is 3.26. The normalized spacial score (nSPS) is 17.8. The highest BCUT2D eigenvalue weighted by Gasteiger charge is 2.23. The van der Waals surface area contributed by atoms with Gasteiger partial charge in [0.1, 0.15) is 0 Å². The van der Waals surface area contributed by atoms with Crippen LogP contribution in [0.5, 0.6) is 0 Å². The summed E-state index contributed by atoms with van der Waals surface area (Å²) in [5.41, 5.74) is 2.73. The summed E-state index contributed by atoms with van der Waals surface area (Å²) in [5.74, 6) is 0.105. The SMILES string of the molecule is CN1CCCC[C@H]1Cn1cc(C(=O)c2cccc3ccccc23)c2ccccc21. The second kappa shape index (κ2) is 7.49. The monoisotopic (exact) mass is 382 g/mol. The van der Waals surface area contributed by atoms with E-state index in [9.17, 15) is 4.79 Å². The van der Waals surface area contributed by atoms with Crippen LogP contribution in [0, 0.1) is 0 Å². The topological polar surface area (TPSA) is 25.2 Å². The van der Waals surface area contributed by atoms with Gasteiger partial charge in [-0.15, -0.1) is 0 Å². The number of para-hydroxylation sites is 1. The molecule has 2 heterocycles. The highest BCUT2D eigenvalue weighted by molar-refractivity contribution is 6.21. The Hall–Kier alpha value is -2.91. The summed E-state index contributed by atoms with van der Waals surface area (Å²) in [4.78, 5) is 16.1. The molecule has 0 bridgehead atoms. The molecular weight excluding hydrogens is 356 g/mol. The number of ketones is 1. The number of rotatable bonds is 4. The van der Waals surface area contributed by atoms with Gasteiger partial charge in [-0.3, -0.25) is 4.79 Å². The lowest BCUT2D eigenvalue weighted by Crippen LogP contribution is -2.39. The lowest BCUT2D eigenvalue weighted by molar-refractivity contribution is 0.104. The number of hydrogen-bond acceptors (Lipinski definition) is 2. The molecule has 5 rings (SSSR count). The Bertz CT molecular complexity index is 1180. The van der Waals surface area contributed by atoms with Crippen molar-refractivity contribution in [3.63, 3.8) is 0 Å². The smallest absolute Gasteiger partial charge is 0.195 e. The molecule has 3 aromatic carbocycles. The van der Waals surface area contributed by atoms with Crippen LogP contribution in [0.2, 0.25) is 0 Å². The molecule has 1 aromatic heterocycles. The van der Waals surface area contributed by atoms with Crippen LogP contribution in [0.1, 0.15) is 35.2 Å². The van der Waals surface area contributed by atoms with E-state index < -0.39 is 0 Å². The van der Waals surface area contributed by atoms with E-state index >= 15 is 0 Å². The molecule has 0 N–H and O–H groups in total. The first-order valence-corrected chi connectivity index (χ1v) is 10.5. The van der Waals surface area contributed by atoms with Crippen molar-refractivity contribution < 1.29 is 4.79 Å². The van der Waals surface area contributed by atoms with Crippen LogP contribution < -0.4 is 0 Å². The minimum Gasteiger partial charge on any atom is -0.345 e. The van der Waals surface area contributed by atoms with Crippen molar-refractivity contribution in [3.8, 4) is 0 Å². The van der Waals surface area contributed by atoms with E-state index in [0.29, 0.717) is 6.04 Å². The van der Waals surface area contributed by atoms with Crippen molar-refractivity contribution >= 4 is 27.5 Å². The fourth-order valence-corrected chi connectivity index (χ4v) is 4.75. The lowest BCUT2D eigenvalue weighted by Gasteiger charge is -2.32. The van der Waals surface area contributed by atoms with Gasteiger partial charge in [0.15, 0.2) is 5.78 Å². The summed E-state index contributed by atoms with van der Waals surface area (Å²) in [6.45, 7) is 2.09. The highest BCUT2D eigenvalue weighted by atomic mass is 16.1. The van der Waals surface area contributed by atoms with Crippen molar-refractivity contribution in [2.45, 2.75) is 31.8 Å². The maximum absolute atomic E-state index is 13.6. The van der Waals surface area contributed by atoms with Gasteiger partial charge in [0, 0.05) is 40.8 Å². The van der Waals surface area contributed by atoms with E-state index in [1.54, 1.807) is 0 Å². The molecule has 4 aromatic rings. The van der Waals surface area contributed by atoms with Crippen LogP contribution in [-0.2, 0) is 6.54 Å². The number of carbonyl (C=O) groups is 1. The van der Waals surface area contributed by atoms with E-state index in [0.717, 1.165) is 45.9 Å². The zero-order valence-corrected chi connectivity index (χ0v) is 16.8. The van der Waals surface area contributed by atoms with Crippen LogP contribution in [0.25, 0.3) is 21.7 Å². The number of benzene rings is 3. The third-order valence-corrected chi connectivity index (χ3v) is 6.40. The number of piperidine rings is 1. The third-order valence-electron chi connectivity index (χ3n) is 6.40. The van der Waals surface area contributed by atoms with Gasteiger partial charge in [0.25, 0.3) is 0 Å². The van der Waals surface area contributed by atoms with Gasteiger partial charge in [0.2, 0.25) is 0 Å². The van der Waals surface area contributed by atoms with Crippen LogP contribution in [0.4, 0.5) is 0 Å². The van der Waals surface area contributed by atoms with Crippen molar-refractivity contribution in [2.24, 2.45) is 0 Å². The first kappa shape index (κ1) is 18.1. The molecule has 1 aliphatic rings. The van der Waals surface area contributed by atoms with E-state index in [-0.39, 0.29) is 5.78 Å². The van der Waals surface area contributed by atoms with Crippen LogP contribution in [0.15, 0.2) is 72.9 Å². The summed E-state index contributed by atoms with van der Waals surface area (Å²) in [6, 6.07) is 22.9. The molecule has 1 fully saturated rings. The van der Waals surface area contributed by atoms with E-state index in [4.69, 9.17) is 0 Å². The summed E-state index contributed by atoms with van der Waals surface area (Å²) in [7, 11) is 2.22. The molecule has 3 heteroatoms. The van der Waals surface area contributed by atoms with Gasteiger partial charge in [-0.1, -0.05) is 67.1 Å². The van der Waals surface area contributed by atoms with E-state index in [2.05, 4.69) is 53.0 Å². The molecular formula is C26H26N2O. The quantitative estimate of drug-likeness (QED) is 0.435. The minimum absolute atomic E-state index is 0.105. The van der Waals surface area contributed by atoms with Crippen LogP contribution >= 0.6 is 0 Å². The lowest BCUT2D eigenvalue weighted by atomic mass is 9.97. The average Bonchev–Trinajstić information content (AvgIpc) is 3.13. The zero-order valence-electron chi connectivity index (χ0n) is 16.8. The second-order valence-electron chi connectivity index (χ2n) is 8.20. The summed E-state index contributed by atoms with van der Waals surface area (Å²) in [5, 5.41) is 3.17. The van der Waals surface area contributed by atoms with Gasteiger partial charge in [0.05, 0.1) is 0 Å². The van der Waals surface area contributed by atoms with Crippen LogP contribution in [0.3, 0.4) is 0 Å². The van der Waals surface area contributed by atoms with E-state index in [1.165, 1.54) is 19.3 Å². The maximum Gasteiger partial charge on any atom is 0.195 e. The molecule has 0 aliphatic carbocycles. The van der Waals surface area contributed by atoms with Crippen molar-refractivity contribution in [3.05, 3.63) is 84.1 Å². The number of aromatic nitrogens is 1. The number of carbonyl (C=O) groups excluding carboxylic acids is 1. The molecule has 1 atom stereocenters. The Morgan fingerprint density at radius 1 is 0.897 bits per heavy atom. The predicted octanol–water partition coefficient (Wildman–Crippen LogP) is 5.51. The molecule has 29 heavy (non-hydrogen) atoms. The van der Waals surface area contributed by atoms with Gasteiger partial charge in [-0.25, -0.2) is 0 Å². The predicted molar refractivity (Wildman–Crippen MR) is 120 cm³/mol. The highest BCUT2D eigenvalue weighted by Crippen LogP contribution is 2.28. The van der Waals surface area contributed by atoms with Crippen molar-refractivity contribution in [1.82, 2.24) is 9.47 Å². The largest absolute Gasteiger partial charge is 0.345 e. The summed E-state index contributed by atoms with van der Waals surface area (Å²) in [6.07, 6.45) is 5.87. The van der Waals surface area contributed by atoms with Crippen LogP contribution in [-0.4, -0.2) is 34.9 Å². The van der Waals surface area contributed by atoms with E-state index in [1.807, 2.05) is 36.4 Å². The molecule has 0 spiro atoms. The van der Waals surface area contributed by atoms with Crippen molar-refractivity contribution in [1.29, 1.82) is 0 Å². The Kier molecular flexibility index (Phi) is 4.69. The fraction of sp³-hybridized carbons (Fsp3) is 0.269. The molecule has 0 saturated carbocycles. The van der Waals surface area contributed by atoms with Gasteiger partial charge in [-0.2, -0.15) is 0 Å². The summed E-state index contributed by atoms with van der Waals surface area (Å²) >= 11 is 0. The first-order chi connectivity index (χ1) is 14.2. The first-order valence-electron chi connectivity index (χ1n) is 10.5. The Balaban J connectivity index is 1.59. The van der Waals surface area contributed by atoms with Gasteiger partial charge in [-0.05, 0) is 43.3 Å². The number of likely N-dealkylation sites (tertiary alicyclic amines) is 1. The Morgan fingerprint density at radius 3 is 2.52 bits per heavy atom. The fourth-order valence-electron chi connectivity index (χ4n) is 4.75. The molecule has 3 nitrogen and oxygen atoms in total. The van der Waals surface area contributed by atoms with Gasteiger partial charge >= 0.3 is 0 Å². The molecule has 0 unspecified atom stereocenters. The molecule has 0 amide bonds. The Labute approximate surface area is 171 Å². The number of nitrogens with zero attached hydrogens (tertiary/aromatic N) is 2. The molecule has 146 valence electrons. The summed E-state index contributed by atoms with van der Waals surface area (Å²) < 4.78 is 2.29. The Morgan fingerprint density at radius 2 is 1.66 bits per heavy atom. The second-order valence-corrected chi connectivity index (χ2v) is 8.20. The average molecular weight is 383 g/mol. The standard InChI is InChI=1S/C26H26N2O/c1-27-16-7-6-11-20(27)17-28-18-24(22-13-4-5-15-25(22)28)26(29)23-14-8-10-19-9-2-3-12-21(19)23/h2-5,8-10,12-15,18,20H,6-7,11,16-17H2,1H3/t20-/m0/s1. The van der Waals surface area contributed by atoms with Gasteiger partial charge < -0.3 is 9.47 Å². The maximum atomic E-state index is 13.6. The molecule has 0 radical (unpaired) electrons. The number of fused-ring (bicyclic) bond motifs is 2. The minimum atomic E-state index is 0.105. The molecule has 1 aliphatic heterocycles. The zero-order chi connectivity index (χ0) is 19.8. The number of hydrogen-bond donors (Lipinski definition) is 0. The molecule has 1 saturated heterocycles.